The second-order valence-corrected chi connectivity index (χ2v) is 6.26. The zero-order valence-corrected chi connectivity index (χ0v) is 13.6. The van der Waals surface area contributed by atoms with Crippen LogP contribution in [0.4, 0.5) is 5.69 Å². The van der Waals surface area contributed by atoms with Gasteiger partial charge in [0, 0.05) is 43.6 Å². The number of rotatable bonds is 1. The van der Waals surface area contributed by atoms with Crippen molar-refractivity contribution in [1.29, 1.82) is 0 Å². The van der Waals surface area contributed by atoms with Crippen LogP contribution >= 0.6 is 0 Å². The van der Waals surface area contributed by atoms with E-state index in [1.54, 1.807) is 6.07 Å². The molecule has 4 rings (SSSR count). The number of nitro groups is 1. The van der Waals surface area contributed by atoms with E-state index in [2.05, 4.69) is 0 Å². The Morgan fingerprint density at radius 3 is 2.60 bits per heavy atom. The van der Waals surface area contributed by atoms with E-state index in [9.17, 15) is 19.7 Å². The standard InChI is InChI=1S/C16H15N3O6/c1-17-14(20)13-12-8(7-25-15(13)18(2)16(17)21)6-24-11-4-3-9(19(22)23)5-10(11)12/h3-5,8,12H,6-7H2,1-2H3/t8-,12-/m0/s1. The monoisotopic (exact) mass is 345 g/mol. The van der Waals surface area contributed by atoms with Gasteiger partial charge in [0.05, 0.1) is 23.7 Å². The summed E-state index contributed by atoms with van der Waals surface area (Å²) in [6.07, 6.45) is 0. The van der Waals surface area contributed by atoms with Gasteiger partial charge in [-0.15, -0.1) is 0 Å². The molecule has 3 heterocycles. The van der Waals surface area contributed by atoms with Crippen LogP contribution in [0.15, 0.2) is 27.8 Å². The van der Waals surface area contributed by atoms with Crippen molar-refractivity contribution in [3.63, 3.8) is 0 Å². The molecule has 0 bridgehead atoms. The van der Waals surface area contributed by atoms with Crippen LogP contribution in [0.5, 0.6) is 11.6 Å². The first kappa shape index (κ1) is 15.4. The molecule has 2 aliphatic rings. The maximum Gasteiger partial charge on any atom is 0.333 e. The smallest absolute Gasteiger partial charge is 0.333 e. The Morgan fingerprint density at radius 1 is 1.16 bits per heavy atom. The number of hydrogen-bond acceptors (Lipinski definition) is 6. The quantitative estimate of drug-likeness (QED) is 0.551. The third kappa shape index (κ3) is 2.08. The zero-order chi connectivity index (χ0) is 17.9. The molecule has 1 aromatic carbocycles. The van der Waals surface area contributed by atoms with Crippen molar-refractivity contribution in [2.45, 2.75) is 5.92 Å². The second-order valence-electron chi connectivity index (χ2n) is 6.26. The molecule has 0 aliphatic carbocycles. The van der Waals surface area contributed by atoms with Gasteiger partial charge in [0.2, 0.25) is 5.88 Å². The van der Waals surface area contributed by atoms with Gasteiger partial charge in [-0.1, -0.05) is 0 Å². The largest absolute Gasteiger partial charge is 0.493 e. The van der Waals surface area contributed by atoms with E-state index in [4.69, 9.17) is 9.47 Å². The Hall–Kier alpha value is -3.10. The maximum absolute atomic E-state index is 12.8. The van der Waals surface area contributed by atoms with Crippen molar-refractivity contribution in [3.8, 4) is 11.6 Å². The van der Waals surface area contributed by atoms with Gasteiger partial charge in [0.1, 0.15) is 5.75 Å². The molecule has 1 aromatic heterocycles. The predicted octanol–water partition coefficient (Wildman–Crippen LogP) is 0.525. The normalized spacial score (nSPS) is 20.6. The number of nitro benzene ring substituents is 1. The SMILES string of the molecule is Cn1c2c(c(=O)n(C)c1=O)[C@@H]1c3cc([N+](=O)[O-])ccc3OC[C@H]1CO2. The molecule has 2 atom stereocenters. The van der Waals surface area contributed by atoms with E-state index < -0.39 is 22.1 Å². The van der Waals surface area contributed by atoms with Gasteiger partial charge in [-0.05, 0) is 6.07 Å². The van der Waals surface area contributed by atoms with Crippen LogP contribution in [0, 0.1) is 16.0 Å². The highest BCUT2D eigenvalue weighted by atomic mass is 16.6. The van der Waals surface area contributed by atoms with Crippen LogP contribution in [-0.4, -0.2) is 27.3 Å². The average Bonchev–Trinajstić information content (AvgIpc) is 2.62. The fourth-order valence-corrected chi connectivity index (χ4v) is 3.58. The average molecular weight is 345 g/mol. The summed E-state index contributed by atoms with van der Waals surface area (Å²) >= 11 is 0. The highest BCUT2D eigenvalue weighted by molar-refractivity contribution is 5.52. The van der Waals surface area contributed by atoms with Crippen LogP contribution < -0.4 is 20.7 Å². The molecule has 0 amide bonds. The Kier molecular flexibility index (Phi) is 3.21. The molecule has 130 valence electrons. The molecule has 9 heteroatoms. The minimum Gasteiger partial charge on any atom is -0.493 e. The highest BCUT2D eigenvalue weighted by Crippen LogP contribution is 2.46. The van der Waals surface area contributed by atoms with E-state index in [0.717, 1.165) is 4.57 Å². The zero-order valence-electron chi connectivity index (χ0n) is 13.6. The highest BCUT2D eigenvalue weighted by Gasteiger charge is 2.41. The topological polar surface area (TPSA) is 106 Å². The van der Waals surface area contributed by atoms with E-state index in [0.29, 0.717) is 23.5 Å². The summed E-state index contributed by atoms with van der Waals surface area (Å²) in [5, 5.41) is 11.1. The lowest BCUT2D eigenvalue weighted by atomic mass is 9.78. The van der Waals surface area contributed by atoms with Crippen molar-refractivity contribution in [3.05, 3.63) is 60.3 Å². The summed E-state index contributed by atoms with van der Waals surface area (Å²) in [5.74, 6) is 0.148. The summed E-state index contributed by atoms with van der Waals surface area (Å²) in [5.41, 5.74) is -0.0879. The number of fused-ring (bicyclic) bond motifs is 5. The first-order valence-corrected chi connectivity index (χ1v) is 7.74. The fraction of sp³-hybridized carbons (Fsp3) is 0.375. The van der Waals surface area contributed by atoms with Crippen LogP contribution in [0.2, 0.25) is 0 Å². The molecule has 25 heavy (non-hydrogen) atoms. The third-order valence-corrected chi connectivity index (χ3v) is 4.85. The fourth-order valence-electron chi connectivity index (χ4n) is 3.58. The number of hydrogen-bond donors (Lipinski definition) is 0. The van der Waals surface area contributed by atoms with Crippen molar-refractivity contribution in [1.82, 2.24) is 9.13 Å². The summed E-state index contributed by atoms with van der Waals surface area (Å²) in [7, 11) is 2.94. The molecule has 0 unspecified atom stereocenters. The lowest BCUT2D eigenvalue weighted by Gasteiger charge is -2.37. The number of benzene rings is 1. The lowest BCUT2D eigenvalue weighted by molar-refractivity contribution is -0.385. The molecular weight excluding hydrogens is 330 g/mol. The Morgan fingerprint density at radius 2 is 1.88 bits per heavy atom. The van der Waals surface area contributed by atoms with E-state index >= 15 is 0 Å². The molecule has 0 saturated carbocycles. The Balaban J connectivity index is 2.02. The maximum atomic E-state index is 12.8. The number of nitrogens with zero attached hydrogens (tertiary/aromatic N) is 3. The molecule has 0 spiro atoms. The van der Waals surface area contributed by atoms with E-state index in [1.807, 2.05) is 0 Å². The van der Waals surface area contributed by atoms with Gasteiger partial charge in [0.15, 0.2) is 0 Å². The summed E-state index contributed by atoms with van der Waals surface area (Å²) in [6.45, 7) is 0.598. The van der Waals surface area contributed by atoms with Gasteiger partial charge >= 0.3 is 5.69 Å². The lowest BCUT2D eigenvalue weighted by Crippen LogP contribution is -2.46. The van der Waals surface area contributed by atoms with Gasteiger partial charge in [-0.25, -0.2) is 4.79 Å². The summed E-state index contributed by atoms with van der Waals surface area (Å²) < 4.78 is 13.7. The molecule has 0 N–H and O–H groups in total. The molecule has 0 fully saturated rings. The number of ether oxygens (including phenoxy) is 2. The van der Waals surface area contributed by atoms with Crippen molar-refractivity contribution >= 4 is 5.69 Å². The summed E-state index contributed by atoms with van der Waals surface area (Å²) in [4.78, 5) is 35.6. The Labute approximate surface area is 141 Å². The van der Waals surface area contributed by atoms with Crippen molar-refractivity contribution in [2.75, 3.05) is 13.2 Å². The van der Waals surface area contributed by atoms with Crippen molar-refractivity contribution in [2.24, 2.45) is 20.0 Å². The summed E-state index contributed by atoms with van der Waals surface area (Å²) in [6, 6.07) is 4.36. The molecular formula is C16H15N3O6. The van der Waals surface area contributed by atoms with Crippen LogP contribution in [-0.2, 0) is 14.1 Å². The van der Waals surface area contributed by atoms with E-state index in [1.165, 1.54) is 30.8 Å². The number of aromatic nitrogens is 2. The Bertz CT molecular complexity index is 1020. The number of non-ortho nitro benzene ring substituents is 1. The molecule has 0 radical (unpaired) electrons. The first-order chi connectivity index (χ1) is 11.9. The van der Waals surface area contributed by atoms with Gasteiger partial charge in [-0.3, -0.25) is 24.0 Å². The molecule has 2 aromatic rings. The third-order valence-electron chi connectivity index (χ3n) is 4.85. The predicted molar refractivity (Wildman–Crippen MR) is 86.3 cm³/mol. The van der Waals surface area contributed by atoms with Crippen LogP contribution in [0.25, 0.3) is 0 Å². The van der Waals surface area contributed by atoms with Crippen molar-refractivity contribution < 1.29 is 14.4 Å². The minimum absolute atomic E-state index is 0.0716. The first-order valence-electron chi connectivity index (χ1n) is 7.74. The molecule has 2 aliphatic heterocycles. The molecule has 0 saturated heterocycles. The van der Waals surface area contributed by atoms with Gasteiger partial charge in [-0.2, -0.15) is 0 Å². The minimum atomic E-state index is -0.483. The van der Waals surface area contributed by atoms with E-state index in [-0.39, 0.29) is 24.1 Å². The molecule has 9 nitrogen and oxygen atoms in total. The second kappa shape index (κ2) is 5.20. The van der Waals surface area contributed by atoms with Crippen LogP contribution in [0.1, 0.15) is 17.0 Å². The van der Waals surface area contributed by atoms with Gasteiger partial charge in [0.25, 0.3) is 11.2 Å². The van der Waals surface area contributed by atoms with Crippen LogP contribution in [0.3, 0.4) is 0 Å². The van der Waals surface area contributed by atoms with Gasteiger partial charge < -0.3 is 9.47 Å².